The largest absolute Gasteiger partial charge is 0.488 e. The third-order valence-corrected chi connectivity index (χ3v) is 10.4. The summed E-state index contributed by atoms with van der Waals surface area (Å²) in [6, 6.07) is 6.50. The third kappa shape index (κ3) is 7.10. The Morgan fingerprint density at radius 1 is 1.14 bits per heavy atom. The summed E-state index contributed by atoms with van der Waals surface area (Å²) in [4.78, 5) is 12.6. The van der Waals surface area contributed by atoms with Crippen LogP contribution in [0.4, 0.5) is 37.7 Å². The molecule has 42 heavy (non-hydrogen) atoms. The maximum atomic E-state index is 14.6. The van der Waals surface area contributed by atoms with Gasteiger partial charge in [0, 0.05) is 55.9 Å². The Bertz CT molecular complexity index is 1430. The number of carbonyl (C=O) groups is 1. The Labute approximate surface area is 243 Å². The first kappa shape index (κ1) is 32.3. The molecular weight excluding hydrogens is 610 g/mol. The van der Waals surface area contributed by atoms with Gasteiger partial charge < -0.3 is 14.7 Å². The monoisotopic (exact) mass is 640 g/mol. The second-order valence-electron chi connectivity index (χ2n) is 10.9. The second-order valence-corrected chi connectivity index (χ2v) is 14.2. The number of benzene rings is 2. The molecule has 1 fully saturated rings. The average Bonchev–Trinajstić information content (AvgIpc) is 2.93. The topological polar surface area (TPSA) is 87.2 Å². The first-order valence-corrected chi connectivity index (χ1v) is 15.3. The van der Waals surface area contributed by atoms with Crippen molar-refractivity contribution in [3.8, 4) is 5.75 Å². The Balaban J connectivity index is 1.86. The number of hydrogen-bond acceptors (Lipinski definition) is 6. The summed E-state index contributed by atoms with van der Waals surface area (Å²) >= 11 is 0.944. The fourth-order valence-corrected chi connectivity index (χ4v) is 7.62. The first-order chi connectivity index (χ1) is 19.3. The van der Waals surface area contributed by atoms with Crippen LogP contribution in [-0.4, -0.2) is 72.8 Å². The maximum Gasteiger partial charge on any atom is 0.344 e. The van der Waals surface area contributed by atoms with Gasteiger partial charge in [-0.15, -0.1) is 11.8 Å². The van der Waals surface area contributed by atoms with Crippen LogP contribution in [0, 0.1) is 5.82 Å². The summed E-state index contributed by atoms with van der Waals surface area (Å²) in [7, 11) is -3.19. The van der Waals surface area contributed by atoms with E-state index in [9.17, 15) is 44.7 Å². The van der Waals surface area contributed by atoms with Crippen molar-refractivity contribution < 1.29 is 49.4 Å². The summed E-state index contributed by atoms with van der Waals surface area (Å²) in [5.74, 6) is -8.60. The van der Waals surface area contributed by atoms with Crippen LogP contribution in [0.25, 0.3) is 0 Å². The van der Waals surface area contributed by atoms with Gasteiger partial charge in [0.2, 0.25) is 27.5 Å². The van der Waals surface area contributed by atoms with Crippen molar-refractivity contribution in [3.05, 3.63) is 42.2 Å². The zero-order valence-corrected chi connectivity index (χ0v) is 24.6. The van der Waals surface area contributed by atoms with E-state index in [4.69, 9.17) is 4.74 Å². The van der Waals surface area contributed by atoms with E-state index in [1.165, 1.54) is 30.1 Å². The highest BCUT2D eigenvalue weighted by Crippen LogP contribution is 2.51. The van der Waals surface area contributed by atoms with Crippen molar-refractivity contribution in [3.63, 3.8) is 0 Å². The number of halogens is 6. The molecule has 15 heteroatoms. The minimum atomic E-state index is -4.42. The van der Waals surface area contributed by atoms with Crippen LogP contribution in [0.2, 0.25) is 0 Å². The van der Waals surface area contributed by atoms with Crippen molar-refractivity contribution in [2.45, 2.75) is 78.1 Å². The van der Waals surface area contributed by atoms with Crippen molar-refractivity contribution in [1.29, 1.82) is 0 Å². The number of fused-ring (bicyclic) bond motifs is 1. The van der Waals surface area contributed by atoms with Gasteiger partial charge in [0.05, 0.1) is 10.6 Å². The van der Waals surface area contributed by atoms with E-state index < -0.39 is 76.5 Å². The van der Waals surface area contributed by atoms with Crippen molar-refractivity contribution in [1.82, 2.24) is 4.31 Å². The van der Waals surface area contributed by atoms with Crippen LogP contribution in [0.1, 0.15) is 39.5 Å². The molecule has 1 unspecified atom stereocenters. The number of likely N-dealkylation sites (N-methyl/N-ethyl adjacent to an activating group) is 1. The van der Waals surface area contributed by atoms with Crippen LogP contribution in [0.5, 0.6) is 5.75 Å². The summed E-state index contributed by atoms with van der Waals surface area (Å²) in [5, 5.41) is 8.57. The van der Waals surface area contributed by atoms with Crippen molar-refractivity contribution >= 4 is 39.1 Å². The number of anilines is 2. The van der Waals surface area contributed by atoms with Crippen molar-refractivity contribution in [2.24, 2.45) is 0 Å². The van der Waals surface area contributed by atoms with Gasteiger partial charge in [0.1, 0.15) is 23.1 Å². The molecule has 0 aromatic heterocycles. The number of carboxylic acid groups (broad SMARTS) is 1. The van der Waals surface area contributed by atoms with Gasteiger partial charge in [0.25, 0.3) is 0 Å². The Hall–Kier alpha value is -2.65. The van der Waals surface area contributed by atoms with E-state index in [0.29, 0.717) is 5.69 Å². The fourth-order valence-electron chi connectivity index (χ4n) is 4.63. The molecule has 1 saturated carbocycles. The van der Waals surface area contributed by atoms with E-state index in [-0.39, 0.29) is 34.2 Å². The predicted molar refractivity (Wildman–Crippen MR) is 145 cm³/mol. The molecule has 0 bridgehead atoms. The van der Waals surface area contributed by atoms with E-state index >= 15 is 0 Å². The number of nitrogens with zero attached hydrogens (tertiary/aromatic N) is 2. The SMILES string of the molecule is CN1[C@H](CCC(C)(F)F)CN(c2ccc(F)cc2)c2cc(SC3CC(F)(F)C3)c(OCC(C)(F)C(=O)O)cc2S1(=O)=O. The second kappa shape index (κ2) is 11.5. The van der Waals surface area contributed by atoms with Crippen molar-refractivity contribution in [2.75, 3.05) is 25.1 Å². The molecule has 232 valence electrons. The molecule has 2 aromatic rings. The molecule has 4 rings (SSSR count). The van der Waals surface area contributed by atoms with Gasteiger partial charge in [0.15, 0.2) is 0 Å². The third-order valence-electron chi connectivity index (χ3n) is 7.23. The predicted octanol–water partition coefficient (Wildman–Crippen LogP) is 6.48. The van der Waals surface area contributed by atoms with E-state index in [1.807, 2.05) is 0 Å². The Morgan fingerprint density at radius 3 is 2.31 bits per heavy atom. The zero-order chi connectivity index (χ0) is 31.3. The lowest BCUT2D eigenvalue weighted by atomic mass is 9.94. The number of carboxylic acids is 1. The standard InChI is InChI=1S/C27H30F6N2O5S2/c1-25(29,24(36)37)15-40-21-11-23-20(10-22(21)41-19-12-27(32,33)13-19)35(17-6-4-16(28)5-7-17)14-18(8-9-26(2,30)31)34(3)42(23,38)39/h4-7,10-11,18-19H,8-9,12-15H2,1-3H3,(H,36,37)/t18-,25?/m1/s1. The quantitative estimate of drug-likeness (QED) is 0.298. The van der Waals surface area contributed by atoms with Gasteiger partial charge in [-0.2, -0.15) is 4.31 Å². The van der Waals surface area contributed by atoms with E-state index in [0.717, 1.165) is 48.1 Å². The van der Waals surface area contributed by atoms with Crippen LogP contribution in [0.3, 0.4) is 0 Å². The smallest absolute Gasteiger partial charge is 0.344 e. The lowest BCUT2D eigenvalue weighted by Gasteiger charge is -2.35. The minimum Gasteiger partial charge on any atom is -0.488 e. The van der Waals surface area contributed by atoms with Gasteiger partial charge >= 0.3 is 5.97 Å². The maximum absolute atomic E-state index is 14.6. The van der Waals surface area contributed by atoms with Gasteiger partial charge in [-0.3, -0.25) is 0 Å². The molecule has 7 nitrogen and oxygen atoms in total. The van der Waals surface area contributed by atoms with Gasteiger partial charge in [-0.05, 0) is 50.6 Å². The molecule has 1 heterocycles. The summed E-state index contributed by atoms with van der Waals surface area (Å²) < 4.78 is 117. The number of aliphatic carboxylic acids is 1. The zero-order valence-electron chi connectivity index (χ0n) is 22.9. The van der Waals surface area contributed by atoms with Gasteiger partial charge in [-0.1, -0.05) is 0 Å². The molecule has 0 radical (unpaired) electrons. The molecule has 1 N–H and O–H groups in total. The lowest BCUT2D eigenvalue weighted by Crippen LogP contribution is -2.41. The van der Waals surface area contributed by atoms with E-state index in [1.54, 1.807) is 0 Å². The number of alkyl halides is 5. The number of sulfonamides is 1. The number of thioether (sulfide) groups is 1. The highest BCUT2D eigenvalue weighted by Gasteiger charge is 2.47. The molecule has 2 aliphatic rings. The highest BCUT2D eigenvalue weighted by molar-refractivity contribution is 8.00. The lowest BCUT2D eigenvalue weighted by molar-refractivity contribution is -0.151. The molecule has 0 amide bonds. The summed E-state index contributed by atoms with van der Waals surface area (Å²) in [6.45, 7) is 0.351. The molecular formula is C27H30F6N2O5S2. The molecule has 1 aliphatic heterocycles. The fraction of sp³-hybridized carbons (Fsp3) is 0.519. The van der Waals surface area contributed by atoms with Crippen LogP contribution in [0.15, 0.2) is 46.2 Å². The van der Waals surface area contributed by atoms with Gasteiger partial charge in [-0.25, -0.2) is 39.6 Å². The molecule has 0 spiro atoms. The molecule has 2 aromatic carbocycles. The molecule has 1 aliphatic carbocycles. The average molecular weight is 641 g/mol. The van der Waals surface area contributed by atoms with E-state index in [2.05, 4.69) is 0 Å². The number of rotatable bonds is 10. The Morgan fingerprint density at radius 2 is 1.76 bits per heavy atom. The minimum absolute atomic E-state index is 0.0430. The highest BCUT2D eigenvalue weighted by atomic mass is 32.2. The van der Waals surface area contributed by atoms with Crippen LogP contribution in [-0.2, 0) is 14.8 Å². The van der Waals surface area contributed by atoms with Crippen LogP contribution >= 0.6 is 11.8 Å². The Kier molecular flexibility index (Phi) is 8.80. The van der Waals surface area contributed by atoms with Crippen LogP contribution < -0.4 is 9.64 Å². The molecule has 2 atom stereocenters. The summed E-state index contributed by atoms with van der Waals surface area (Å²) in [6.07, 6.45) is -1.80. The number of hydrogen-bond donors (Lipinski definition) is 1. The number of ether oxygens (including phenoxy) is 1. The summed E-state index contributed by atoms with van der Waals surface area (Å²) in [5.41, 5.74) is -2.48. The normalized spacial score (nSPS) is 22.0. The molecule has 0 saturated heterocycles. The first-order valence-electron chi connectivity index (χ1n) is 13.0.